The Morgan fingerprint density at radius 1 is 0.469 bits per heavy atom. The quantitative estimate of drug-likeness (QED) is 0.315. The summed E-state index contributed by atoms with van der Waals surface area (Å²) in [6.45, 7) is 12.6. The fraction of sp³-hybridized carbons (Fsp3) is 0.200. The Morgan fingerprint density at radius 2 is 0.812 bits per heavy atom. The van der Waals surface area contributed by atoms with Gasteiger partial charge >= 0.3 is 0 Å². The van der Waals surface area contributed by atoms with Crippen molar-refractivity contribution in [3.05, 3.63) is 106 Å². The van der Waals surface area contributed by atoms with Crippen molar-refractivity contribution in [1.82, 2.24) is 0 Å². The minimum absolute atomic E-state index is 0.882. The molecule has 0 saturated heterocycles. The molecule has 162 valence electrons. The van der Waals surface area contributed by atoms with Gasteiger partial charge in [0.15, 0.2) is 0 Å². The van der Waals surface area contributed by atoms with Crippen LogP contribution >= 0.6 is 0 Å². The van der Waals surface area contributed by atoms with E-state index in [1.54, 1.807) is 0 Å². The summed E-state index contributed by atoms with van der Waals surface area (Å²) in [6.07, 6.45) is 0. The molecule has 0 heterocycles. The van der Waals surface area contributed by atoms with Gasteiger partial charge in [0.2, 0.25) is 0 Å². The first kappa shape index (κ1) is 22.2. The lowest BCUT2D eigenvalue weighted by molar-refractivity contribution is 0.682. The maximum Gasteiger partial charge on any atom is 0.0855 e. The summed E-state index contributed by atoms with van der Waals surface area (Å²) < 4.78 is 13.9. The number of benzene rings is 4. The van der Waals surface area contributed by atoms with Gasteiger partial charge in [-0.05, 0) is 98.2 Å². The Kier molecular flexibility index (Phi) is 6.17. The SMILES string of the molecule is Cc1ccc(-c2c(C)ccc(S(=O)c3ccc(C)c(-c4ccc(C)cc4)c3C)c2C)cc1. The third-order valence-corrected chi connectivity index (χ3v) is 8.01. The van der Waals surface area contributed by atoms with Crippen LogP contribution in [0.3, 0.4) is 0 Å². The fourth-order valence-corrected chi connectivity index (χ4v) is 5.89. The lowest BCUT2D eigenvalue weighted by Crippen LogP contribution is -2.03. The van der Waals surface area contributed by atoms with Crippen LogP contribution in [0.25, 0.3) is 22.3 Å². The van der Waals surface area contributed by atoms with Crippen LogP contribution in [0.4, 0.5) is 0 Å². The topological polar surface area (TPSA) is 17.1 Å². The lowest BCUT2D eigenvalue weighted by Gasteiger charge is -2.18. The Morgan fingerprint density at radius 3 is 1.16 bits per heavy atom. The molecule has 0 N–H and O–H groups in total. The van der Waals surface area contributed by atoms with Gasteiger partial charge in [-0.1, -0.05) is 71.8 Å². The predicted octanol–water partition coefficient (Wildman–Crippen LogP) is 8.04. The molecule has 0 saturated carbocycles. The molecule has 0 aromatic heterocycles. The van der Waals surface area contributed by atoms with Gasteiger partial charge in [0, 0.05) is 9.79 Å². The monoisotopic (exact) mass is 438 g/mol. The second kappa shape index (κ2) is 8.88. The van der Waals surface area contributed by atoms with Crippen molar-refractivity contribution < 1.29 is 4.21 Å². The summed E-state index contributed by atoms with van der Waals surface area (Å²) in [5, 5.41) is 0. The molecule has 32 heavy (non-hydrogen) atoms. The van der Waals surface area contributed by atoms with Gasteiger partial charge in [0.25, 0.3) is 0 Å². The van der Waals surface area contributed by atoms with E-state index in [1.807, 2.05) is 12.1 Å². The minimum Gasteiger partial charge on any atom is -0.249 e. The van der Waals surface area contributed by atoms with Gasteiger partial charge in [0.1, 0.15) is 0 Å². The molecule has 4 aromatic rings. The molecule has 0 bridgehead atoms. The zero-order valence-electron chi connectivity index (χ0n) is 19.7. The fourth-order valence-electron chi connectivity index (χ4n) is 4.50. The molecule has 0 fully saturated rings. The van der Waals surface area contributed by atoms with E-state index in [-0.39, 0.29) is 0 Å². The first-order valence-corrected chi connectivity index (χ1v) is 12.2. The summed E-state index contributed by atoms with van der Waals surface area (Å²) in [4.78, 5) is 1.76. The average molecular weight is 439 g/mol. The van der Waals surface area contributed by atoms with E-state index < -0.39 is 10.8 Å². The van der Waals surface area contributed by atoms with Crippen LogP contribution in [0.5, 0.6) is 0 Å². The van der Waals surface area contributed by atoms with Gasteiger partial charge in [-0.3, -0.25) is 0 Å². The molecule has 4 rings (SSSR count). The van der Waals surface area contributed by atoms with Crippen LogP contribution in [0, 0.1) is 41.5 Å². The van der Waals surface area contributed by atoms with Gasteiger partial charge in [0.05, 0.1) is 10.8 Å². The molecule has 2 heteroatoms. The van der Waals surface area contributed by atoms with E-state index in [2.05, 4.69) is 102 Å². The highest BCUT2D eigenvalue weighted by Crippen LogP contribution is 2.36. The summed E-state index contributed by atoms with van der Waals surface area (Å²) in [6, 6.07) is 25.4. The summed E-state index contributed by atoms with van der Waals surface area (Å²) >= 11 is 0. The van der Waals surface area contributed by atoms with E-state index in [0.29, 0.717) is 0 Å². The molecule has 0 aliphatic heterocycles. The molecule has 0 spiro atoms. The zero-order chi connectivity index (χ0) is 23.0. The molecular formula is C30H30OS. The van der Waals surface area contributed by atoms with Crippen molar-refractivity contribution in [3.63, 3.8) is 0 Å². The van der Waals surface area contributed by atoms with Crippen LogP contribution < -0.4 is 0 Å². The van der Waals surface area contributed by atoms with Crippen molar-refractivity contribution in [2.45, 2.75) is 51.3 Å². The van der Waals surface area contributed by atoms with E-state index in [9.17, 15) is 4.21 Å². The zero-order valence-corrected chi connectivity index (χ0v) is 20.6. The van der Waals surface area contributed by atoms with Crippen LogP contribution in [0.15, 0.2) is 82.6 Å². The molecular weight excluding hydrogens is 408 g/mol. The molecule has 0 atom stereocenters. The first-order chi connectivity index (χ1) is 15.3. The van der Waals surface area contributed by atoms with Crippen molar-refractivity contribution in [2.75, 3.05) is 0 Å². The third kappa shape index (κ3) is 4.08. The minimum atomic E-state index is -1.26. The van der Waals surface area contributed by atoms with Crippen molar-refractivity contribution >= 4 is 10.8 Å². The first-order valence-electron chi connectivity index (χ1n) is 11.0. The summed E-state index contributed by atoms with van der Waals surface area (Å²) in [5.74, 6) is 0. The number of hydrogen-bond acceptors (Lipinski definition) is 1. The van der Waals surface area contributed by atoms with Gasteiger partial charge < -0.3 is 0 Å². The van der Waals surface area contributed by atoms with Crippen molar-refractivity contribution in [2.24, 2.45) is 0 Å². The van der Waals surface area contributed by atoms with Crippen molar-refractivity contribution in [3.8, 4) is 22.3 Å². The Balaban J connectivity index is 1.84. The second-order valence-electron chi connectivity index (χ2n) is 8.76. The normalized spacial score (nSPS) is 11.2. The number of aryl methyl sites for hydroxylation is 4. The smallest absolute Gasteiger partial charge is 0.0855 e. The number of rotatable bonds is 4. The second-order valence-corrected chi connectivity index (χ2v) is 10.2. The molecule has 0 aliphatic carbocycles. The molecule has 0 radical (unpaired) electrons. The van der Waals surface area contributed by atoms with Gasteiger partial charge in [-0.15, -0.1) is 0 Å². The van der Waals surface area contributed by atoms with Crippen LogP contribution in [-0.4, -0.2) is 4.21 Å². The summed E-state index contributed by atoms with van der Waals surface area (Å²) in [5.41, 5.74) is 11.8. The molecule has 4 aromatic carbocycles. The van der Waals surface area contributed by atoms with Crippen LogP contribution in [-0.2, 0) is 10.8 Å². The predicted molar refractivity (Wildman–Crippen MR) is 137 cm³/mol. The largest absolute Gasteiger partial charge is 0.249 e. The maximum absolute atomic E-state index is 13.9. The van der Waals surface area contributed by atoms with Gasteiger partial charge in [-0.25, -0.2) is 4.21 Å². The highest BCUT2D eigenvalue weighted by Gasteiger charge is 2.19. The van der Waals surface area contributed by atoms with Gasteiger partial charge in [-0.2, -0.15) is 0 Å². The Hall–Kier alpha value is -2.97. The standard InChI is InChI=1S/C30H30OS/c1-19-7-13-25(14-8-19)29-21(3)11-17-27(23(29)5)32(31)28-18-12-22(4)30(24(28)6)26-15-9-20(2)10-16-26/h7-18H,1-6H3. The highest BCUT2D eigenvalue weighted by molar-refractivity contribution is 7.85. The highest BCUT2D eigenvalue weighted by atomic mass is 32.2. The lowest BCUT2D eigenvalue weighted by atomic mass is 9.95. The van der Waals surface area contributed by atoms with E-state index in [0.717, 1.165) is 20.9 Å². The van der Waals surface area contributed by atoms with E-state index in [1.165, 1.54) is 44.5 Å². The number of hydrogen-bond donors (Lipinski definition) is 0. The molecule has 0 amide bonds. The summed E-state index contributed by atoms with van der Waals surface area (Å²) in [7, 11) is -1.26. The Labute approximate surface area is 194 Å². The third-order valence-electron chi connectivity index (χ3n) is 6.33. The van der Waals surface area contributed by atoms with E-state index in [4.69, 9.17) is 0 Å². The molecule has 0 unspecified atom stereocenters. The Bertz CT molecular complexity index is 1210. The van der Waals surface area contributed by atoms with Crippen LogP contribution in [0.2, 0.25) is 0 Å². The van der Waals surface area contributed by atoms with E-state index >= 15 is 0 Å². The van der Waals surface area contributed by atoms with Crippen molar-refractivity contribution in [1.29, 1.82) is 0 Å². The molecule has 1 nitrogen and oxygen atoms in total. The average Bonchev–Trinajstić information content (AvgIpc) is 2.76. The maximum atomic E-state index is 13.9. The van der Waals surface area contributed by atoms with Crippen LogP contribution in [0.1, 0.15) is 33.4 Å². The molecule has 0 aliphatic rings.